The van der Waals surface area contributed by atoms with E-state index in [0.29, 0.717) is 0 Å². The first kappa shape index (κ1) is 11.8. The normalized spacial score (nSPS) is 9.60. The SMILES string of the molecule is C#CCSCCNc1cc(N)ccc1C. The zero-order chi connectivity index (χ0) is 11.1. The molecule has 0 amide bonds. The van der Waals surface area contributed by atoms with E-state index in [2.05, 4.69) is 18.2 Å². The largest absolute Gasteiger partial charge is 0.399 e. The molecule has 3 N–H and O–H groups in total. The summed E-state index contributed by atoms with van der Waals surface area (Å²) in [5, 5.41) is 3.34. The lowest BCUT2D eigenvalue weighted by Gasteiger charge is -2.09. The van der Waals surface area contributed by atoms with Crippen LogP contribution in [-0.4, -0.2) is 18.1 Å². The molecule has 0 aliphatic carbocycles. The average Bonchev–Trinajstić information content (AvgIpc) is 2.23. The molecular formula is C12H16N2S. The van der Waals surface area contributed by atoms with Crippen LogP contribution in [0.1, 0.15) is 5.56 Å². The van der Waals surface area contributed by atoms with E-state index in [0.717, 1.165) is 29.4 Å². The lowest BCUT2D eigenvalue weighted by molar-refractivity contribution is 1.21. The van der Waals surface area contributed by atoms with Gasteiger partial charge in [-0.25, -0.2) is 0 Å². The minimum atomic E-state index is 0.775. The van der Waals surface area contributed by atoms with Crippen molar-refractivity contribution in [3.8, 4) is 12.3 Å². The standard InChI is InChI=1S/C12H16N2S/c1-3-7-15-8-6-14-12-9-11(13)5-4-10(12)2/h1,4-5,9,14H,6-8,13H2,2H3. The van der Waals surface area contributed by atoms with Crippen LogP contribution >= 0.6 is 11.8 Å². The van der Waals surface area contributed by atoms with E-state index in [1.807, 2.05) is 18.2 Å². The molecule has 1 rings (SSSR count). The average molecular weight is 220 g/mol. The molecule has 1 aromatic carbocycles. The molecule has 0 bridgehead atoms. The maximum Gasteiger partial charge on any atom is 0.0545 e. The molecule has 0 fully saturated rings. The molecule has 0 aromatic heterocycles. The lowest BCUT2D eigenvalue weighted by atomic mass is 10.2. The predicted molar refractivity (Wildman–Crippen MR) is 70.2 cm³/mol. The van der Waals surface area contributed by atoms with Crippen LogP contribution in [-0.2, 0) is 0 Å². The summed E-state index contributed by atoms with van der Waals surface area (Å²) in [6.45, 7) is 2.98. The fraction of sp³-hybridized carbons (Fsp3) is 0.333. The fourth-order valence-corrected chi connectivity index (χ4v) is 1.73. The molecule has 1 aromatic rings. The van der Waals surface area contributed by atoms with Crippen LogP contribution < -0.4 is 11.1 Å². The van der Waals surface area contributed by atoms with Crippen molar-refractivity contribution >= 4 is 23.1 Å². The number of anilines is 2. The quantitative estimate of drug-likeness (QED) is 0.454. The van der Waals surface area contributed by atoms with Crippen LogP contribution in [0.3, 0.4) is 0 Å². The lowest BCUT2D eigenvalue weighted by Crippen LogP contribution is -2.06. The van der Waals surface area contributed by atoms with Crippen molar-refractivity contribution < 1.29 is 0 Å². The Kier molecular flexibility index (Phi) is 4.92. The summed E-state index contributed by atoms with van der Waals surface area (Å²) >= 11 is 1.75. The number of rotatable bonds is 5. The summed E-state index contributed by atoms with van der Waals surface area (Å²) in [7, 11) is 0. The molecule has 0 aliphatic rings. The first-order valence-electron chi connectivity index (χ1n) is 4.85. The van der Waals surface area contributed by atoms with E-state index in [1.165, 1.54) is 5.56 Å². The molecule has 0 radical (unpaired) electrons. The number of nitrogens with two attached hydrogens (primary N) is 1. The van der Waals surface area contributed by atoms with Gasteiger partial charge in [-0.2, -0.15) is 0 Å². The first-order chi connectivity index (χ1) is 7.24. The number of aryl methyl sites for hydroxylation is 1. The number of hydrogen-bond donors (Lipinski definition) is 2. The minimum absolute atomic E-state index is 0.775. The third-order valence-electron chi connectivity index (χ3n) is 2.01. The van der Waals surface area contributed by atoms with E-state index in [-0.39, 0.29) is 0 Å². The number of nitrogen functional groups attached to an aromatic ring is 1. The summed E-state index contributed by atoms with van der Waals surface area (Å²) in [6, 6.07) is 5.89. The number of terminal acetylenes is 1. The van der Waals surface area contributed by atoms with Gasteiger partial charge < -0.3 is 11.1 Å². The summed E-state index contributed by atoms with van der Waals surface area (Å²) in [6.07, 6.45) is 5.16. The number of thioether (sulfide) groups is 1. The summed E-state index contributed by atoms with van der Waals surface area (Å²) in [5.41, 5.74) is 8.82. The Bertz CT molecular complexity index is 355. The second-order valence-electron chi connectivity index (χ2n) is 3.26. The van der Waals surface area contributed by atoms with Crippen LogP contribution in [0.2, 0.25) is 0 Å². The van der Waals surface area contributed by atoms with E-state index in [4.69, 9.17) is 12.2 Å². The van der Waals surface area contributed by atoms with Crippen molar-refractivity contribution in [2.75, 3.05) is 29.1 Å². The Morgan fingerprint density at radius 1 is 1.53 bits per heavy atom. The monoisotopic (exact) mass is 220 g/mol. The van der Waals surface area contributed by atoms with Gasteiger partial charge in [-0.05, 0) is 24.6 Å². The molecule has 80 valence electrons. The van der Waals surface area contributed by atoms with Crippen molar-refractivity contribution in [1.29, 1.82) is 0 Å². The van der Waals surface area contributed by atoms with E-state index in [9.17, 15) is 0 Å². The van der Waals surface area contributed by atoms with Crippen molar-refractivity contribution in [2.24, 2.45) is 0 Å². The molecule has 0 unspecified atom stereocenters. The van der Waals surface area contributed by atoms with Gasteiger partial charge in [0.1, 0.15) is 0 Å². The second-order valence-corrected chi connectivity index (χ2v) is 4.36. The Balaban J connectivity index is 2.37. The Labute approximate surface area is 95.6 Å². The highest BCUT2D eigenvalue weighted by atomic mass is 32.2. The van der Waals surface area contributed by atoms with Gasteiger partial charge in [-0.15, -0.1) is 18.2 Å². The van der Waals surface area contributed by atoms with Gasteiger partial charge in [0, 0.05) is 23.7 Å². The fourth-order valence-electron chi connectivity index (χ4n) is 1.22. The molecule has 0 spiro atoms. The van der Waals surface area contributed by atoms with Gasteiger partial charge in [0.05, 0.1) is 5.75 Å². The van der Waals surface area contributed by atoms with Crippen LogP contribution in [0.4, 0.5) is 11.4 Å². The van der Waals surface area contributed by atoms with E-state index in [1.54, 1.807) is 11.8 Å². The Morgan fingerprint density at radius 2 is 2.33 bits per heavy atom. The highest BCUT2D eigenvalue weighted by Crippen LogP contribution is 2.17. The van der Waals surface area contributed by atoms with Crippen LogP contribution in [0.25, 0.3) is 0 Å². The second kappa shape index (κ2) is 6.26. The van der Waals surface area contributed by atoms with Gasteiger partial charge in [0.25, 0.3) is 0 Å². The van der Waals surface area contributed by atoms with Crippen LogP contribution in [0.15, 0.2) is 18.2 Å². The molecule has 0 atom stereocenters. The van der Waals surface area contributed by atoms with Gasteiger partial charge in [0.2, 0.25) is 0 Å². The third-order valence-corrected chi connectivity index (χ3v) is 2.87. The van der Waals surface area contributed by atoms with Crippen molar-refractivity contribution in [2.45, 2.75) is 6.92 Å². The predicted octanol–water partition coefficient (Wildman–Crippen LogP) is 2.36. The maximum absolute atomic E-state index is 5.71. The smallest absolute Gasteiger partial charge is 0.0545 e. The van der Waals surface area contributed by atoms with E-state index < -0.39 is 0 Å². The molecule has 0 saturated carbocycles. The number of nitrogens with one attached hydrogen (secondary N) is 1. The van der Waals surface area contributed by atoms with Gasteiger partial charge >= 0.3 is 0 Å². The maximum atomic E-state index is 5.71. The van der Waals surface area contributed by atoms with Crippen molar-refractivity contribution in [3.63, 3.8) is 0 Å². The van der Waals surface area contributed by atoms with Gasteiger partial charge in [-0.3, -0.25) is 0 Å². The summed E-state index contributed by atoms with van der Waals surface area (Å²) < 4.78 is 0. The Hall–Kier alpha value is -1.27. The zero-order valence-electron chi connectivity index (χ0n) is 8.92. The van der Waals surface area contributed by atoms with Gasteiger partial charge in [0.15, 0.2) is 0 Å². The first-order valence-corrected chi connectivity index (χ1v) is 6.00. The highest BCUT2D eigenvalue weighted by Gasteiger charge is 1.97. The summed E-state index contributed by atoms with van der Waals surface area (Å²) in [4.78, 5) is 0. The summed E-state index contributed by atoms with van der Waals surface area (Å²) in [5.74, 6) is 4.39. The third kappa shape index (κ3) is 4.18. The molecule has 0 aliphatic heterocycles. The molecular weight excluding hydrogens is 204 g/mol. The molecule has 0 saturated heterocycles. The highest BCUT2D eigenvalue weighted by molar-refractivity contribution is 7.99. The zero-order valence-corrected chi connectivity index (χ0v) is 9.73. The van der Waals surface area contributed by atoms with Crippen LogP contribution in [0.5, 0.6) is 0 Å². The van der Waals surface area contributed by atoms with Gasteiger partial charge in [-0.1, -0.05) is 12.0 Å². The molecule has 3 heteroatoms. The molecule has 0 heterocycles. The number of benzene rings is 1. The minimum Gasteiger partial charge on any atom is -0.399 e. The molecule has 2 nitrogen and oxygen atoms in total. The number of hydrogen-bond acceptors (Lipinski definition) is 3. The Morgan fingerprint density at radius 3 is 3.07 bits per heavy atom. The van der Waals surface area contributed by atoms with Crippen LogP contribution in [0, 0.1) is 19.3 Å². The van der Waals surface area contributed by atoms with E-state index >= 15 is 0 Å². The van der Waals surface area contributed by atoms with Crippen molar-refractivity contribution in [1.82, 2.24) is 0 Å². The molecule has 15 heavy (non-hydrogen) atoms. The van der Waals surface area contributed by atoms with Crippen molar-refractivity contribution in [3.05, 3.63) is 23.8 Å². The topological polar surface area (TPSA) is 38.0 Å².